The third kappa shape index (κ3) is 3.54. The molecule has 0 amide bonds. The molecule has 6 heteroatoms. The Labute approximate surface area is 152 Å². The molecule has 3 aromatic rings. The smallest absolute Gasteiger partial charge is 0.332 e. The lowest BCUT2D eigenvalue weighted by atomic mass is 9.85. The Morgan fingerprint density at radius 3 is 2.31 bits per heavy atom. The van der Waals surface area contributed by atoms with Crippen LogP contribution in [-0.2, 0) is 21.4 Å². The number of hydrogen-bond donors (Lipinski definition) is 1. The van der Waals surface area contributed by atoms with Crippen LogP contribution in [0, 0.1) is 0 Å². The molecule has 6 nitrogen and oxygen atoms in total. The molecular weight excluding hydrogens is 330 g/mol. The quantitative estimate of drug-likeness (QED) is 0.728. The Morgan fingerprint density at radius 1 is 1.15 bits per heavy atom. The number of rotatable bonds is 4. The van der Waals surface area contributed by atoms with E-state index in [1.807, 2.05) is 57.2 Å². The zero-order valence-corrected chi connectivity index (χ0v) is 15.4. The van der Waals surface area contributed by atoms with E-state index in [1.54, 1.807) is 6.07 Å². The van der Waals surface area contributed by atoms with E-state index in [1.165, 1.54) is 11.9 Å². The number of carbonyl (C=O) groups is 1. The molecule has 3 rings (SSSR count). The van der Waals surface area contributed by atoms with Gasteiger partial charge in [-0.25, -0.2) is 4.79 Å². The number of benzene rings is 2. The number of phenols is 1. The Hall–Kier alpha value is -2.89. The van der Waals surface area contributed by atoms with E-state index in [0.29, 0.717) is 6.42 Å². The number of nitrogens with zero attached hydrogens (tertiary/aromatic N) is 3. The summed E-state index contributed by atoms with van der Waals surface area (Å²) in [5.74, 6) is -0.158. The molecule has 0 aliphatic rings. The van der Waals surface area contributed by atoms with E-state index >= 15 is 0 Å². The molecule has 0 spiro atoms. The highest BCUT2D eigenvalue weighted by atomic mass is 16.5. The number of aromatic hydroxyl groups is 1. The fraction of sp³-hybridized carbons (Fsp3) is 0.350. The molecule has 1 N–H and O–H groups in total. The maximum absolute atomic E-state index is 12.4. The van der Waals surface area contributed by atoms with Crippen molar-refractivity contribution in [2.75, 3.05) is 7.11 Å². The largest absolute Gasteiger partial charge is 0.508 e. The van der Waals surface area contributed by atoms with E-state index in [9.17, 15) is 9.90 Å². The normalized spacial score (nSPS) is 12.9. The van der Waals surface area contributed by atoms with Crippen molar-refractivity contribution in [3.8, 4) is 5.75 Å². The van der Waals surface area contributed by atoms with Crippen molar-refractivity contribution >= 4 is 17.0 Å². The summed E-state index contributed by atoms with van der Waals surface area (Å²) < 4.78 is 4.97. The molecule has 1 heterocycles. The van der Waals surface area contributed by atoms with Gasteiger partial charge in [0, 0.05) is 6.42 Å². The van der Waals surface area contributed by atoms with Crippen molar-refractivity contribution in [2.45, 2.75) is 38.6 Å². The van der Waals surface area contributed by atoms with Crippen LogP contribution < -0.4 is 0 Å². The van der Waals surface area contributed by atoms with Gasteiger partial charge >= 0.3 is 5.97 Å². The first-order chi connectivity index (χ1) is 12.3. The minimum Gasteiger partial charge on any atom is -0.508 e. The van der Waals surface area contributed by atoms with Gasteiger partial charge in [0.1, 0.15) is 16.8 Å². The first-order valence-corrected chi connectivity index (χ1v) is 8.51. The third-order valence-corrected chi connectivity index (χ3v) is 4.35. The van der Waals surface area contributed by atoms with Crippen LogP contribution in [0.3, 0.4) is 0 Å². The zero-order valence-electron chi connectivity index (χ0n) is 15.4. The fourth-order valence-corrected chi connectivity index (χ4v) is 2.95. The molecule has 26 heavy (non-hydrogen) atoms. The lowest BCUT2D eigenvalue weighted by Crippen LogP contribution is -2.25. The predicted octanol–water partition coefficient (Wildman–Crippen LogP) is 3.39. The van der Waals surface area contributed by atoms with E-state index < -0.39 is 12.0 Å². The van der Waals surface area contributed by atoms with Crippen molar-refractivity contribution < 1.29 is 14.6 Å². The topological polar surface area (TPSA) is 77.2 Å². The third-order valence-electron chi connectivity index (χ3n) is 4.35. The number of carbonyl (C=O) groups excluding carboxylic acids is 1. The highest BCUT2D eigenvalue weighted by molar-refractivity contribution is 5.76. The number of methoxy groups -OCH3 is 1. The lowest BCUT2D eigenvalue weighted by Gasteiger charge is -2.22. The van der Waals surface area contributed by atoms with Crippen LogP contribution in [0.5, 0.6) is 5.75 Å². The lowest BCUT2D eigenvalue weighted by molar-refractivity contribution is -0.145. The second-order valence-corrected chi connectivity index (χ2v) is 7.35. The molecule has 0 aliphatic heterocycles. The molecule has 1 aromatic heterocycles. The molecule has 0 radical (unpaired) electrons. The van der Waals surface area contributed by atoms with Gasteiger partial charge in [-0.2, -0.15) is 15.0 Å². The van der Waals surface area contributed by atoms with Gasteiger partial charge in [-0.05, 0) is 34.7 Å². The maximum Gasteiger partial charge on any atom is 0.332 e. The molecule has 1 unspecified atom stereocenters. The summed E-state index contributed by atoms with van der Waals surface area (Å²) in [6, 6.07) is 12.2. The summed E-state index contributed by atoms with van der Waals surface area (Å²) in [6.45, 7) is 6.10. The van der Waals surface area contributed by atoms with Gasteiger partial charge in [0.25, 0.3) is 0 Å². The number of hydrogen-bond acceptors (Lipinski definition) is 5. The van der Waals surface area contributed by atoms with Gasteiger partial charge in [0.05, 0.1) is 7.11 Å². The molecule has 1 atom stereocenters. The van der Waals surface area contributed by atoms with Crippen molar-refractivity contribution in [1.29, 1.82) is 0 Å². The number of ether oxygens (including phenoxy) is 1. The van der Waals surface area contributed by atoms with Gasteiger partial charge < -0.3 is 9.84 Å². The van der Waals surface area contributed by atoms with Crippen molar-refractivity contribution in [3.63, 3.8) is 0 Å². The van der Waals surface area contributed by atoms with Crippen LogP contribution in [0.15, 0.2) is 42.5 Å². The first kappa shape index (κ1) is 17.9. The average molecular weight is 353 g/mol. The standard InChI is InChI=1S/C20H23N3O3/c1-20(2,3)14-11-13(9-10-18(14)24)12-17(19(25)26-4)23-21-15-7-5-6-8-16(15)22-23/h5-11,17,24H,12H2,1-4H3. The second kappa shape index (κ2) is 6.78. The fourth-order valence-electron chi connectivity index (χ4n) is 2.95. The van der Waals surface area contributed by atoms with E-state index in [2.05, 4.69) is 10.2 Å². The molecule has 0 saturated heterocycles. The highest BCUT2D eigenvalue weighted by Crippen LogP contribution is 2.32. The number of esters is 1. The van der Waals surface area contributed by atoms with Crippen LogP contribution in [-0.4, -0.2) is 33.2 Å². The van der Waals surface area contributed by atoms with Crippen molar-refractivity contribution in [3.05, 3.63) is 53.6 Å². The SMILES string of the molecule is COC(=O)C(Cc1ccc(O)c(C(C)(C)C)c1)n1nc2ccccc2n1. The molecule has 2 aromatic carbocycles. The second-order valence-electron chi connectivity index (χ2n) is 7.35. The van der Waals surface area contributed by atoms with Gasteiger partial charge in [0.15, 0.2) is 6.04 Å². The van der Waals surface area contributed by atoms with Gasteiger partial charge in [-0.15, -0.1) is 0 Å². The van der Waals surface area contributed by atoms with Crippen LogP contribution in [0.4, 0.5) is 0 Å². The van der Waals surface area contributed by atoms with Crippen molar-refractivity contribution in [1.82, 2.24) is 15.0 Å². The van der Waals surface area contributed by atoms with E-state index in [0.717, 1.165) is 22.2 Å². The maximum atomic E-state index is 12.4. The summed E-state index contributed by atoms with van der Waals surface area (Å²) >= 11 is 0. The Balaban J connectivity index is 1.98. The Bertz CT molecular complexity index is 908. The van der Waals surface area contributed by atoms with E-state index in [-0.39, 0.29) is 11.2 Å². The minimum absolute atomic E-state index is 0.209. The minimum atomic E-state index is -0.676. The monoisotopic (exact) mass is 353 g/mol. The van der Waals surface area contributed by atoms with E-state index in [4.69, 9.17) is 4.74 Å². The van der Waals surface area contributed by atoms with Crippen LogP contribution in [0.1, 0.15) is 37.9 Å². The summed E-state index contributed by atoms with van der Waals surface area (Å²) in [5.41, 5.74) is 2.98. The highest BCUT2D eigenvalue weighted by Gasteiger charge is 2.26. The molecule has 0 bridgehead atoms. The number of fused-ring (bicyclic) bond motifs is 1. The summed E-state index contributed by atoms with van der Waals surface area (Å²) in [6.07, 6.45) is 0.372. The molecule has 0 aliphatic carbocycles. The Morgan fingerprint density at radius 2 is 1.77 bits per heavy atom. The summed E-state index contributed by atoms with van der Waals surface area (Å²) in [5, 5.41) is 19.0. The number of aromatic nitrogens is 3. The molecular formula is C20H23N3O3. The first-order valence-electron chi connectivity index (χ1n) is 8.51. The van der Waals surface area contributed by atoms with Crippen LogP contribution in [0.25, 0.3) is 11.0 Å². The van der Waals surface area contributed by atoms with Gasteiger partial charge in [-0.1, -0.05) is 45.0 Å². The zero-order chi connectivity index (χ0) is 18.9. The average Bonchev–Trinajstić information content (AvgIpc) is 3.03. The summed E-state index contributed by atoms with van der Waals surface area (Å²) in [7, 11) is 1.36. The molecule has 0 fully saturated rings. The molecule has 0 saturated carbocycles. The van der Waals surface area contributed by atoms with Crippen LogP contribution in [0.2, 0.25) is 0 Å². The van der Waals surface area contributed by atoms with Gasteiger partial charge in [-0.3, -0.25) is 0 Å². The summed E-state index contributed by atoms with van der Waals surface area (Å²) in [4.78, 5) is 13.8. The van der Waals surface area contributed by atoms with Gasteiger partial charge in [0.2, 0.25) is 0 Å². The Kier molecular flexibility index (Phi) is 4.68. The van der Waals surface area contributed by atoms with Crippen molar-refractivity contribution in [2.24, 2.45) is 0 Å². The predicted molar refractivity (Wildman–Crippen MR) is 99.1 cm³/mol. The number of phenolic OH excluding ortho intramolecular Hbond substituents is 1. The molecule has 136 valence electrons. The van der Waals surface area contributed by atoms with Crippen LogP contribution >= 0.6 is 0 Å².